The van der Waals surface area contributed by atoms with Gasteiger partial charge in [0.25, 0.3) is 0 Å². The van der Waals surface area contributed by atoms with Crippen molar-refractivity contribution in [2.75, 3.05) is 24.5 Å². The Labute approximate surface area is 178 Å². The molecule has 1 fully saturated rings. The molecule has 0 bridgehead atoms. The van der Waals surface area contributed by atoms with Crippen LogP contribution in [0.2, 0.25) is 0 Å². The van der Waals surface area contributed by atoms with Gasteiger partial charge in [0.2, 0.25) is 0 Å². The van der Waals surface area contributed by atoms with Gasteiger partial charge in [-0.1, -0.05) is 18.2 Å². The summed E-state index contributed by atoms with van der Waals surface area (Å²) in [5.74, 6) is 1.00. The van der Waals surface area contributed by atoms with Gasteiger partial charge in [0.05, 0.1) is 17.0 Å². The van der Waals surface area contributed by atoms with Gasteiger partial charge in [0.15, 0.2) is 5.65 Å². The molecule has 0 saturated carbocycles. The minimum atomic E-state index is -0.316. The number of nitrogens with zero attached hydrogens (tertiary/aromatic N) is 6. The molecule has 7 nitrogen and oxygen atoms in total. The highest BCUT2D eigenvalue weighted by Gasteiger charge is 2.25. The van der Waals surface area contributed by atoms with Crippen molar-refractivity contribution in [2.24, 2.45) is 0 Å². The molecule has 4 aromatic rings. The van der Waals surface area contributed by atoms with Crippen LogP contribution in [-0.4, -0.2) is 45.2 Å². The average Bonchev–Trinajstić information content (AvgIpc) is 3.19. The maximum atomic E-state index is 14.8. The van der Waals surface area contributed by atoms with Crippen LogP contribution in [0.1, 0.15) is 12.5 Å². The van der Waals surface area contributed by atoms with Crippen LogP contribution in [0.15, 0.2) is 55.1 Å². The second kappa shape index (κ2) is 7.78. The Kier molecular flexibility index (Phi) is 4.81. The normalized spacial score (nSPS) is 16.4. The van der Waals surface area contributed by atoms with Crippen molar-refractivity contribution in [2.45, 2.75) is 13.0 Å². The predicted molar refractivity (Wildman–Crippen MR) is 116 cm³/mol. The molecule has 0 amide bonds. The minimum absolute atomic E-state index is 0.312. The zero-order valence-electron chi connectivity index (χ0n) is 17.0. The first kappa shape index (κ1) is 19.2. The van der Waals surface area contributed by atoms with Crippen molar-refractivity contribution in [3.05, 3.63) is 66.5 Å². The van der Waals surface area contributed by atoms with Crippen LogP contribution in [0, 0.1) is 17.1 Å². The molecule has 0 spiro atoms. The summed E-state index contributed by atoms with van der Waals surface area (Å²) >= 11 is 0. The molecule has 8 heteroatoms. The van der Waals surface area contributed by atoms with Crippen molar-refractivity contribution in [1.29, 1.82) is 5.26 Å². The first-order chi connectivity index (χ1) is 15.2. The van der Waals surface area contributed by atoms with E-state index in [2.05, 4.69) is 38.2 Å². The lowest BCUT2D eigenvalue weighted by Gasteiger charge is -2.33. The maximum absolute atomic E-state index is 14.8. The standard InChI is InChI=1S/C23H20FN7/c1-15-12-30(9-8-26-15)22-21-18(17-4-2-3-5-19(17)24)13-31(23(21)29-14-28-22)20-10-16(11-25)6-7-27-20/h2-7,10,13-15,26H,8-9,12H2,1H3/t15-/m1/s1. The van der Waals surface area contributed by atoms with E-state index in [1.54, 1.807) is 35.0 Å². The van der Waals surface area contributed by atoms with Gasteiger partial charge in [-0.15, -0.1) is 0 Å². The molecule has 0 unspecified atom stereocenters. The third kappa shape index (κ3) is 3.39. The highest BCUT2D eigenvalue weighted by atomic mass is 19.1. The number of benzene rings is 1. The van der Waals surface area contributed by atoms with Crippen molar-refractivity contribution < 1.29 is 4.39 Å². The smallest absolute Gasteiger partial charge is 0.151 e. The fourth-order valence-electron chi connectivity index (χ4n) is 4.09. The Bertz CT molecular complexity index is 1310. The van der Waals surface area contributed by atoms with Gasteiger partial charge in [0, 0.05) is 49.2 Å². The number of anilines is 1. The summed E-state index contributed by atoms with van der Waals surface area (Å²) in [6.45, 7) is 4.55. The number of hydrogen-bond donors (Lipinski definition) is 1. The summed E-state index contributed by atoms with van der Waals surface area (Å²) in [5.41, 5.74) is 2.28. The van der Waals surface area contributed by atoms with Crippen LogP contribution in [-0.2, 0) is 0 Å². The number of aromatic nitrogens is 4. The first-order valence-corrected chi connectivity index (χ1v) is 10.1. The number of fused-ring (bicyclic) bond motifs is 1. The number of rotatable bonds is 3. The van der Waals surface area contributed by atoms with Crippen molar-refractivity contribution in [3.63, 3.8) is 0 Å². The lowest BCUT2D eigenvalue weighted by atomic mass is 10.0. The van der Waals surface area contributed by atoms with E-state index < -0.39 is 0 Å². The Hall–Kier alpha value is -3.83. The molecule has 1 atom stereocenters. The Morgan fingerprint density at radius 1 is 1.16 bits per heavy atom. The largest absolute Gasteiger partial charge is 0.353 e. The predicted octanol–water partition coefficient (Wildman–Crippen LogP) is 3.29. The van der Waals surface area contributed by atoms with E-state index in [0.717, 1.165) is 30.8 Å². The van der Waals surface area contributed by atoms with Crippen molar-refractivity contribution in [3.8, 4) is 23.0 Å². The Morgan fingerprint density at radius 3 is 2.84 bits per heavy atom. The monoisotopic (exact) mass is 413 g/mol. The highest BCUT2D eigenvalue weighted by molar-refractivity contribution is 6.02. The summed E-state index contributed by atoms with van der Waals surface area (Å²) < 4.78 is 16.6. The number of nitrogens with one attached hydrogen (secondary N) is 1. The Morgan fingerprint density at radius 2 is 2.03 bits per heavy atom. The Balaban J connectivity index is 1.79. The SMILES string of the molecule is C[C@@H]1CN(c2ncnc3c2c(-c2ccccc2F)cn3-c2cc(C#N)ccn2)CCN1. The van der Waals surface area contributed by atoms with Crippen LogP contribution in [0.25, 0.3) is 28.0 Å². The average molecular weight is 413 g/mol. The molecule has 1 aliphatic rings. The van der Waals surface area contributed by atoms with Gasteiger partial charge in [-0.2, -0.15) is 5.26 Å². The van der Waals surface area contributed by atoms with E-state index in [0.29, 0.717) is 34.2 Å². The van der Waals surface area contributed by atoms with Gasteiger partial charge >= 0.3 is 0 Å². The van der Waals surface area contributed by atoms with E-state index in [-0.39, 0.29) is 5.82 Å². The minimum Gasteiger partial charge on any atom is -0.353 e. The molecule has 5 rings (SSSR count). The number of piperazine rings is 1. The summed E-state index contributed by atoms with van der Waals surface area (Å²) in [4.78, 5) is 15.8. The molecule has 0 radical (unpaired) electrons. The van der Waals surface area contributed by atoms with Crippen LogP contribution < -0.4 is 10.2 Å². The summed E-state index contributed by atoms with van der Waals surface area (Å²) in [6, 6.07) is 12.5. The fourth-order valence-corrected chi connectivity index (χ4v) is 4.09. The second-order valence-electron chi connectivity index (χ2n) is 7.60. The third-order valence-electron chi connectivity index (χ3n) is 5.52. The number of nitriles is 1. The second-order valence-corrected chi connectivity index (χ2v) is 7.60. The van der Waals surface area contributed by atoms with E-state index in [1.807, 2.05) is 12.3 Å². The maximum Gasteiger partial charge on any atom is 0.151 e. The lowest BCUT2D eigenvalue weighted by Crippen LogP contribution is -2.49. The number of halogens is 1. The number of hydrogen-bond acceptors (Lipinski definition) is 6. The van der Waals surface area contributed by atoms with Crippen LogP contribution in [0.5, 0.6) is 0 Å². The molecule has 1 N–H and O–H groups in total. The molecular weight excluding hydrogens is 393 g/mol. The van der Waals surface area contributed by atoms with Gasteiger partial charge in [0.1, 0.15) is 23.8 Å². The lowest BCUT2D eigenvalue weighted by molar-refractivity contribution is 0.483. The summed E-state index contributed by atoms with van der Waals surface area (Å²) in [7, 11) is 0. The quantitative estimate of drug-likeness (QED) is 0.555. The topological polar surface area (TPSA) is 82.7 Å². The summed E-state index contributed by atoms with van der Waals surface area (Å²) in [5, 5.41) is 13.5. The van der Waals surface area contributed by atoms with Crippen LogP contribution >= 0.6 is 0 Å². The molecule has 1 saturated heterocycles. The van der Waals surface area contributed by atoms with Crippen LogP contribution in [0.3, 0.4) is 0 Å². The first-order valence-electron chi connectivity index (χ1n) is 10.1. The van der Waals surface area contributed by atoms with E-state index in [4.69, 9.17) is 0 Å². The molecule has 3 aromatic heterocycles. The van der Waals surface area contributed by atoms with Crippen molar-refractivity contribution >= 4 is 16.9 Å². The van der Waals surface area contributed by atoms with Crippen LogP contribution in [0.4, 0.5) is 10.2 Å². The highest BCUT2D eigenvalue weighted by Crippen LogP contribution is 2.37. The zero-order valence-corrected chi connectivity index (χ0v) is 17.0. The van der Waals surface area contributed by atoms with Crippen molar-refractivity contribution in [1.82, 2.24) is 24.8 Å². The van der Waals surface area contributed by atoms with Gasteiger partial charge in [-0.25, -0.2) is 19.3 Å². The molecule has 1 aromatic carbocycles. The van der Waals surface area contributed by atoms with Gasteiger partial charge in [-0.05, 0) is 25.1 Å². The molecule has 0 aliphatic carbocycles. The van der Waals surface area contributed by atoms with Gasteiger partial charge in [-0.3, -0.25) is 4.57 Å². The third-order valence-corrected chi connectivity index (χ3v) is 5.52. The molecular formula is C23H20FN7. The number of pyridine rings is 1. The molecule has 31 heavy (non-hydrogen) atoms. The molecule has 4 heterocycles. The van der Waals surface area contributed by atoms with E-state index >= 15 is 0 Å². The van der Waals surface area contributed by atoms with Gasteiger partial charge < -0.3 is 10.2 Å². The molecule has 1 aliphatic heterocycles. The fraction of sp³-hybridized carbons (Fsp3) is 0.217. The summed E-state index contributed by atoms with van der Waals surface area (Å²) in [6.07, 6.45) is 4.94. The van der Waals surface area contributed by atoms with E-state index in [1.165, 1.54) is 12.4 Å². The van der Waals surface area contributed by atoms with E-state index in [9.17, 15) is 9.65 Å². The molecule has 154 valence electrons. The zero-order chi connectivity index (χ0) is 21.4.